The van der Waals surface area contributed by atoms with Gasteiger partial charge in [-0.2, -0.15) is 0 Å². The Morgan fingerprint density at radius 2 is 2.00 bits per heavy atom. The number of thiophene rings is 1. The summed E-state index contributed by atoms with van der Waals surface area (Å²) in [6.07, 6.45) is 1.01. The lowest BCUT2D eigenvalue weighted by atomic mass is 10.0. The van der Waals surface area contributed by atoms with E-state index in [1.165, 1.54) is 24.9 Å². The number of hydrogen-bond donors (Lipinski definition) is 1. The van der Waals surface area contributed by atoms with Crippen molar-refractivity contribution < 1.29 is 0 Å². The van der Waals surface area contributed by atoms with E-state index >= 15 is 0 Å². The van der Waals surface area contributed by atoms with E-state index in [4.69, 9.17) is 0 Å². The minimum Gasteiger partial charge on any atom is -0.313 e. The minimum absolute atomic E-state index is 0.353. The maximum Gasteiger partial charge on any atom is 0.0366 e. The van der Waals surface area contributed by atoms with Gasteiger partial charge in [0, 0.05) is 26.3 Å². The van der Waals surface area contributed by atoms with E-state index in [1.54, 1.807) is 11.3 Å². The van der Waals surface area contributed by atoms with Crippen molar-refractivity contribution in [1.82, 2.24) is 5.32 Å². The Hall–Kier alpha value is -0.160. The molecule has 1 atom stereocenters. The highest BCUT2D eigenvalue weighted by Crippen LogP contribution is 2.29. The molecule has 18 heavy (non-hydrogen) atoms. The van der Waals surface area contributed by atoms with Gasteiger partial charge in [0.1, 0.15) is 0 Å². The fourth-order valence-corrected chi connectivity index (χ4v) is 3.74. The van der Waals surface area contributed by atoms with E-state index in [0.29, 0.717) is 6.04 Å². The van der Waals surface area contributed by atoms with Gasteiger partial charge >= 0.3 is 0 Å². The first-order chi connectivity index (χ1) is 8.61. The summed E-state index contributed by atoms with van der Waals surface area (Å²) in [4.78, 5) is 1.38. The molecule has 1 aromatic heterocycles. The van der Waals surface area contributed by atoms with Crippen molar-refractivity contribution in [1.29, 1.82) is 0 Å². The molecule has 0 saturated heterocycles. The largest absolute Gasteiger partial charge is 0.313 e. The lowest BCUT2D eigenvalue weighted by molar-refractivity contribution is 0.595. The van der Waals surface area contributed by atoms with Gasteiger partial charge in [-0.3, -0.25) is 0 Å². The molecule has 0 amide bonds. The topological polar surface area (TPSA) is 12.0 Å². The Morgan fingerprint density at radius 3 is 2.56 bits per heavy atom. The fourth-order valence-electron chi connectivity index (χ4n) is 1.93. The highest BCUT2D eigenvalue weighted by Gasteiger charge is 2.13. The van der Waals surface area contributed by atoms with Crippen LogP contribution in [0.15, 0.2) is 38.6 Å². The maximum atomic E-state index is 3.60. The van der Waals surface area contributed by atoms with E-state index in [9.17, 15) is 0 Å². The van der Waals surface area contributed by atoms with Gasteiger partial charge in [0.05, 0.1) is 0 Å². The zero-order chi connectivity index (χ0) is 13.1. The smallest absolute Gasteiger partial charge is 0.0366 e. The molecular weight excluding hydrogens is 374 g/mol. The average Bonchev–Trinajstić information content (AvgIpc) is 2.75. The molecule has 0 aliphatic rings. The molecule has 1 heterocycles. The Balaban J connectivity index is 2.23. The fraction of sp³-hybridized carbons (Fsp3) is 0.286. The van der Waals surface area contributed by atoms with Crippen LogP contribution in [0, 0.1) is 6.92 Å². The van der Waals surface area contributed by atoms with Gasteiger partial charge in [-0.15, -0.1) is 11.3 Å². The van der Waals surface area contributed by atoms with Crippen molar-refractivity contribution >= 4 is 43.2 Å². The standard InChI is InChI=1S/C14H15Br2NS/c1-9-7-10(3-4-11(9)15)13(17-2)8-14-12(16)5-6-18-14/h3-7,13,17H,8H2,1-2H3. The first-order valence-corrected chi connectivity index (χ1v) is 8.23. The van der Waals surface area contributed by atoms with Crippen LogP contribution in [0.25, 0.3) is 0 Å². The second kappa shape index (κ2) is 6.33. The monoisotopic (exact) mass is 387 g/mol. The van der Waals surface area contributed by atoms with Crippen molar-refractivity contribution in [2.24, 2.45) is 0 Å². The molecule has 1 unspecified atom stereocenters. The molecule has 0 radical (unpaired) electrons. The van der Waals surface area contributed by atoms with Crippen LogP contribution in [-0.4, -0.2) is 7.05 Å². The summed E-state index contributed by atoms with van der Waals surface area (Å²) >= 11 is 8.94. The summed E-state index contributed by atoms with van der Waals surface area (Å²) in [6, 6.07) is 9.01. The molecule has 0 aliphatic carbocycles. The van der Waals surface area contributed by atoms with E-state index < -0.39 is 0 Å². The molecule has 0 spiro atoms. The highest BCUT2D eigenvalue weighted by atomic mass is 79.9. The molecule has 4 heteroatoms. The Labute approximate surface area is 129 Å². The van der Waals surface area contributed by atoms with Crippen LogP contribution in [0.4, 0.5) is 0 Å². The molecule has 0 aliphatic heterocycles. The molecule has 1 nitrogen and oxygen atoms in total. The van der Waals surface area contributed by atoms with Crippen LogP contribution in [0.1, 0.15) is 22.0 Å². The van der Waals surface area contributed by atoms with Crippen molar-refractivity contribution in [2.45, 2.75) is 19.4 Å². The third-order valence-electron chi connectivity index (χ3n) is 3.01. The van der Waals surface area contributed by atoms with Gasteiger partial charge in [0.25, 0.3) is 0 Å². The van der Waals surface area contributed by atoms with E-state index in [0.717, 1.165) is 6.42 Å². The number of likely N-dealkylation sites (N-methyl/N-ethyl adjacent to an activating group) is 1. The number of nitrogens with one attached hydrogen (secondary N) is 1. The molecule has 0 saturated carbocycles. The predicted octanol–water partition coefficient (Wildman–Crippen LogP) is 5.08. The van der Waals surface area contributed by atoms with Crippen LogP contribution in [0.2, 0.25) is 0 Å². The zero-order valence-electron chi connectivity index (χ0n) is 10.3. The Kier molecular flexibility index (Phi) is 5.01. The number of rotatable bonds is 4. The van der Waals surface area contributed by atoms with Crippen molar-refractivity contribution in [3.05, 3.63) is 54.6 Å². The van der Waals surface area contributed by atoms with Gasteiger partial charge in [0.2, 0.25) is 0 Å². The molecular formula is C14H15Br2NS. The number of hydrogen-bond acceptors (Lipinski definition) is 2. The first kappa shape index (κ1) is 14.3. The van der Waals surface area contributed by atoms with E-state index in [-0.39, 0.29) is 0 Å². The zero-order valence-corrected chi connectivity index (χ0v) is 14.3. The summed E-state index contributed by atoms with van der Waals surface area (Å²) in [6.45, 7) is 2.13. The molecule has 1 N–H and O–H groups in total. The number of halogens is 2. The SMILES string of the molecule is CNC(Cc1sccc1Br)c1ccc(Br)c(C)c1. The quantitative estimate of drug-likeness (QED) is 0.769. The summed E-state index contributed by atoms with van der Waals surface area (Å²) in [5.74, 6) is 0. The lowest BCUT2D eigenvalue weighted by Gasteiger charge is -2.17. The Morgan fingerprint density at radius 1 is 1.22 bits per heavy atom. The highest BCUT2D eigenvalue weighted by molar-refractivity contribution is 9.10. The molecule has 96 valence electrons. The molecule has 0 fully saturated rings. The summed E-state index contributed by atoms with van der Waals surface area (Å²) in [5, 5.41) is 5.53. The Bertz CT molecular complexity index is 536. The predicted molar refractivity (Wildman–Crippen MR) is 86.4 cm³/mol. The minimum atomic E-state index is 0.353. The molecule has 0 bridgehead atoms. The molecule has 2 rings (SSSR count). The summed E-state index contributed by atoms with van der Waals surface area (Å²) in [5.41, 5.74) is 2.61. The number of aryl methyl sites for hydroxylation is 1. The van der Waals surface area contributed by atoms with E-state index in [1.807, 2.05) is 7.05 Å². The third kappa shape index (κ3) is 3.23. The van der Waals surface area contributed by atoms with Gasteiger partial charge in [-0.1, -0.05) is 28.1 Å². The second-order valence-electron chi connectivity index (χ2n) is 4.25. The first-order valence-electron chi connectivity index (χ1n) is 5.77. The van der Waals surface area contributed by atoms with Gasteiger partial charge in [-0.05, 0) is 58.5 Å². The van der Waals surface area contributed by atoms with Gasteiger partial charge < -0.3 is 5.32 Å². The van der Waals surface area contributed by atoms with Crippen LogP contribution < -0.4 is 5.32 Å². The van der Waals surface area contributed by atoms with Crippen molar-refractivity contribution in [3.8, 4) is 0 Å². The second-order valence-corrected chi connectivity index (χ2v) is 6.96. The van der Waals surface area contributed by atoms with Crippen LogP contribution in [0.3, 0.4) is 0 Å². The summed E-state index contributed by atoms with van der Waals surface area (Å²) in [7, 11) is 2.02. The molecule has 2 aromatic rings. The van der Waals surface area contributed by atoms with E-state index in [2.05, 4.69) is 73.7 Å². The number of benzene rings is 1. The van der Waals surface area contributed by atoms with Crippen LogP contribution in [0.5, 0.6) is 0 Å². The van der Waals surface area contributed by atoms with Crippen LogP contribution >= 0.6 is 43.2 Å². The van der Waals surface area contributed by atoms with Crippen LogP contribution in [-0.2, 0) is 6.42 Å². The van der Waals surface area contributed by atoms with Gasteiger partial charge in [0.15, 0.2) is 0 Å². The average molecular weight is 389 g/mol. The molecule has 1 aromatic carbocycles. The van der Waals surface area contributed by atoms with Crippen molar-refractivity contribution in [3.63, 3.8) is 0 Å². The summed E-state index contributed by atoms with van der Waals surface area (Å²) < 4.78 is 2.37. The maximum absolute atomic E-state index is 3.60. The van der Waals surface area contributed by atoms with Gasteiger partial charge in [-0.25, -0.2) is 0 Å². The third-order valence-corrected chi connectivity index (χ3v) is 5.85. The normalized spacial score (nSPS) is 12.7. The van der Waals surface area contributed by atoms with Crippen molar-refractivity contribution in [2.75, 3.05) is 7.05 Å². The lowest BCUT2D eigenvalue weighted by Crippen LogP contribution is -2.18.